The maximum absolute atomic E-state index is 13.3. The second kappa shape index (κ2) is 9.69. The number of thiocarbonyl (C=S) groups is 1. The number of hydrogen-bond donors (Lipinski definition) is 3. The number of benzene rings is 2. The van der Waals surface area contributed by atoms with Crippen LogP contribution in [0.5, 0.6) is 0 Å². The zero-order chi connectivity index (χ0) is 22.7. The van der Waals surface area contributed by atoms with Gasteiger partial charge in [-0.15, -0.1) is 0 Å². The van der Waals surface area contributed by atoms with Gasteiger partial charge in [0.15, 0.2) is 5.11 Å². The highest BCUT2D eigenvalue weighted by Crippen LogP contribution is 2.29. The summed E-state index contributed by atoms with van der Waals surface area (Å²) in [7, 11) is 4.12. The number of pyridine rings is 1. The van der Waals surface area contributed by atoms with Crippen LogP contribution in [0.2, 0.25) is 0 Å². The summed E-state index contributed by atoms with van der Waals surface area (Å²) in [6.07, 6.45) is 4.13. The highest BCUT2D eigenvalue weighted by Gasteiger charge is 2.22. The molecule has 7 heteroatoms. The first-order chi connectivity index (χ1) is 15.4. The van der Waals surface area contributed by atoms with Crippen molar-refractivity contribution in [2.45, 2.75) is 44.7 Å². The standard InChI is InChI=1S/C25H30FN5S/c1-16-14-17(26)8-13-21(16)30-25(32)28-19-11-9-18(10-12-19)27-24-15-23(31(2)3)20-6-4-5-7-22(20)29-24/h4-8,13-15,18-19H,9-12H2,1-3H3,(H,27,29)(H2,28,30,32). The van der Waals surface area contributed by atoms with Gasteiger partial charge in [-0.2, -0.15) is 0 Å². The zero-order valence-corrected chi connectivity index (χ0v) is 19.6. The monoisotopic (exact) mass is 451 g/mol. The SMILES string of the molecule is Cc1cc(F)ccc1NC(=S)NC1CCC(Nc2cc(N(C)C)c3ccccc3n2)CC1. The van der Waals surface area contributed by atoms with Crippen molar-refractivity contribution in [2.75, 3.05) is 29.6 Å². The van der Waals surface area contributed by atoms with E-state index in [9.17, 15) is 4.39 Å². The van der Waals surface area contributed by atoms with E-state index in [-0.39, 0.29) is 5.82 Å². The van der Waals surface area contributed by atoms with Gasteiger partial charge in [-0.25, -0.2) is 9.37 Å². The van der Waals surface area contributed by atoms with Crippen LogP contribution in [0.15, 0.2) is 48.5 Å². The van der Waals surface area contributed by atoms with Crippen molar-refractivity contribution in [3.05, 3.63) is 59.9 Å². The topological polar surface area (TPSA) is 52.2 Å². The smallest absolute Gasteiger partial charge is 0.171 e. The largest absolute Gasteiger partial charge is 0.377 e. The van der Waals surface area contributed by atoms with Gasteiger partial charge in [0.2, 0.25) is 0 Å². The lowest BCUT2D eigenvalue weighted by atomic mass is 9.91. The fourth-order valence-corrected chi connectivity index (χ4v) is 4.58. The highest BCUT2D eigenvalue weighted by molar-refractivity contribution is 7.80. The van der Waals surface area contributed by atoms with Crippen LogP contribution < -0.4 is 20.9 Å². The summed E-state index contributed by atoms with van der Waals surface area (Å²) in [6.45, 7) is 1.87. The Morgan fingerprint density at radius 2 is 1.75 bits per heavy atom. The van der Waals surface area contributed by atoms with Crippen LogP contribution in [-0.2, 0) is 0 Å². The average molecular weight is 452 g/mol. The molecule has 0 amide bonds. The number of halogens is 1. The lowest BCUT2D eigenvalue weighted by Gasteiger charge is -2.31. The molecule has 1 saturated carbocycles. The summed E-state index contributed by atoms with van der Waals surface area (Å²) in [5, 5.41) is 12.0. The quantitative estimate of drug-likeness (QED) is 0.448. The molecule has 1 aliphatic rings. The molecule has 1 fully saturated rings. The number of rotatable bonds is 5. The van der Waals surface area contributed by atoms with Gasteiger partial charge in [0.05, 0.1) is 5.52 Å². The van der Waals surface area contributed by atoms with Gasteiger partial charge in [0, 0.05) is 49.0 Å². The van der Waals surface area contributed by atoms with E-state index < -0.39 is 0 Å². The molecule has 1 aliphatic carbocycles. The van der Waals surface area contributed by atoms with Crippen molar-refractivity contribution in [2.24, 2.45) is 0 Å². The van der Waals surface area contributed by atoms with Crippen molar-refractivity contribution < 1.29 is 4.39 Å². The molecule has 2 aromatic carbocycles. The van der Waals surface area contributed by atoms with Crippen molar-refractivity contribution in [3.63, 3.8) is 0 Å². The molecule has 0 radical (unpaired) electrons. The summed E-state index contributed by atoms with van der Waals surface area (Å²) in [4.78, 5) is 6.96. The minimum absolute atomic E-state index is 0.239. The van der Waals surface area contributed by atoms with E-state index in [0.717, 1.165) is 53.7 Å². The molecule has 0 saturated heterocycles. The Morgan fingerprint density at radius 1 is 1.03 bits per heavy atom. The molecule has 0 bridgehead atoms. The molecule has 1 heterocycles. The van der Waals surface area contributed by atoms with Crippen LogP contribution in [0.4, 0.5) is 21.6 Å². The normalized spacial score (nSPS) is 18.2. The minimum Gasteiger partial charge on any atom is -0.377 e. The van der Waals surface area contributed by atoms with Crippen molar-refractivity contribution in [1.29, 1.82) is 0 Å². The molecule has 168 valence electrons. The Kier molecular flexibility index (Phi) is 6.74. The predicted molar refractivity (Wildman–Crippen MR) is 136 cm³/mol. The van der Waals surface area contributed by atoms with E-state index >= 15 is 0 Å². The van der Waals surface area contributed by atoms with Gasteiger partial charge in [0.25, 0.3) is 0 Å². The van der Waals surface area contributed by atoms with Crippen LogP contribution in [0.1, 0.15) is 31.2 Å². The second-order valence-corrected chi connectivity index (χ2v) is 9.10. The highest BCUT2D eigenvalue weighted by atomic mass is 32.1. The van der Waals surface area contributed by atoms with E-state index in [1.807, 2.05) is 13.0 Å². The summed E-state index contributed by atoms with van der Waals surface area (Å²) >= 11 is 5.48. The number of anilines is 3. The number of fused-ring (bicyclic) bond motifs is 1. The fourth-order valence-electron chi connectivity index (χ4n) is 4.30. The number of para-hydroxylation sites is 1. The third-order valence-corrected chi connectivity index (χ3v) is 6.25. The first kappa shape index (κ1) is 22.3. The van der Waals surface area contributed by atoms with Crippen LogP contribution in [-0.4, -0.2) is 36.3 Å². The number of nitrogens with zero attached hydrogens (tertiary/aromatic N) is 2. The number of aryl methyl sites for hydroxylation is 1. The molecule has 0 spiro atoms. The van der Waals surface area contributed by atoms with Crippen molar-refractivity contribution in [1.82, 2.24) is 10.3 Å². The Bertz CT molecular complexity index is 1110. The second-order valence-electron chi connectivity index (χ2n) is 8.69. The molecule has 32 heavy (non-hydrogen) atoms. The van der Waals surface area contributed by atoms with E-state index in [1.165, 1.54) is 17.8 Å². The molecule has 0 unspecified atom stereocenters. The summed E-state index contributed by atoms with van der Waals surface area (Å²) in [5.74, 6) is 0.684. The van der Waals surface area contributed by atoms with Crippen LogP contribution >= 0.6 is 12.2 Å². The molecule has 3 aromatic rings. The molecule has 1 aromatic heterocycles. The number of aromatic nitrogens is 1. The molecule has 5 nitrogen and oxygen atoms in total. The van der Waals surface area contributed by atoms with E-state index in [4.69, 9.17) is 17.2 Å². The third-order valence-electron chi connectivity index (χ3n) is 6.03. The Morgan fingerprint density at radius 3 is 2.47 bits per heavy atom. The number of nitrogens with one attached hydrogen (secondary N) is 3. The Balaban J connectivity index is 1.32. The molecular weight excluding hydrogens is 421 g/mol. The number of hydrogen-bond acceptors (Lipinski definition) is 4. The van der Waals surface area contributed by atoms with Gasteiger partial charge in [-0.05, 0) is 74.7 Å². The van der Waals surface area contributed by atoms with E-state index in [1.54, 1.807) is 6.07 Å². The Hall–Kier alpha value is -2.93. The van der Waals surface area contributed by atoms with Crippen molar-refractivity contribution >= 4 is 45.4 Å². The average Bonchev–Trinajstić information content (AvgIpc) is 2.76. The lowest BCUT2D eigenvalue weighted by molar-refractivity contribution is 0.388. The first-order valence-electron chi connectivity index (χ1n) is 11.1. The maximum atomic E-state index is 13.3. The lowest BCUT2D eigenvalue weighted by Crippen LogP contribution is -2.42. The summed E-state index contributed by atoms with van der Waals surface area (Å²) < 4.78 is 13.3. The van der Waals surface area contributed by atoms with E-state index in [2.05, 4.69) is 59.2 Å². The summed E-state index contributed by atoms with van der Waals surface area (Å²) in [6, 6.07) is 15.8. The van der Waals surface area contributed by atoms with Gasteiger partial charge in [-0.1, -0.05) is 18.2 Å². The zero-order valence-electron chi connectivity index (χ0n) is 18.8. The third kappa shape index (κ3) is 5.27. The van der Waals surface area contributed by atoms with E-state index in [0.29, 0.717) is 17.2 Å². The van der Waals surface area contributed by atoms with Gasteiger partial charge < -0.3 is 20.9 Å². The molecule has 4 rings (SSSR count). The van der Waals surface area contributed by atoms with Gasteiger partial charge in [0.1, 0.15) is 11.6 Å². The molecule has 0 aliphatic heterocycles. The Labute approximate surface area is 194 Å². The predicted octanol–water partition coefficient (Wildman–Crippen LogP) is 5.46. The minimum atomic E-state index is -0.239. The van der Waals surface area contributed by atoms with Gasteiger partial charge in [-0.3, -0.25) is 0 Å². The van der Waals surface area contributed by atoms with Crippen LogP contribution in [0.3, 0.4) is 0 Å². The van der Waals surface area contributed by atoms with Gasteiger partial charge >= 0.3 is 0 Å². The first-order valence-corrected chi connectivity index (χ1v) is 11.5. The molecule has 0 atom stereocenters. The fraction of sp³-hybridized carbons (Fsp3) is 0.360. The van der Waals surface area contributed by atoms with Crippen molar-refractivity contribution in [3.8, 4) is 0 Å². The molecule has 3 N–H and O–H groups in total. The molecular formula is C25H30FN5S. The maximum Gasteiger partial charge on any atom is 0.171 e. The summed E-state index contributed by atoms with van der Waals surface area (Å²) in [5.41, 5.74) is 3.84. The van der Waals surface area contributed by atoms with Crippen LogP contribution in [0, 0.1) is 12.7 Å². The van der Waals surface area contributed by atoms with Crippen LogP contribution in [0.25, 0.3) is 10.9 Å².